The number of para-hydroxylation sites is 1. The lowest BCUT2D eigenvalue weighted by atomic mass is 10.2. The highest BCUT2D eigenvalue weighted by Crippen LogP contribution is 2.36. The number of ether oxygens (including phenoxy) is 3. The number of aromatic nitrogens is 3. The average molecular weight is 446 g/mol. The number of rotatable bonds is 6. The molecule has 1 saturated heterocycles. The Morgan fingerprint density at radius 3 is 2.48 bits per heavy atom. The Morgan fingerprint density at radius 2 is 1.70 bits per heavy atom. The van der Waals surface area contributed by atoms with Gasteiger partial charge in [0.25, 0.3) is 0 Å². The summed E-state index contributed by atoms with van der Waals surface area (Å²) in [5.74, 6) is 2.92. The van der Waals surface area contributed by atoms with Crippen LogP contribution in [0.15, 0.2) is 55.0 Å². The molecule has 0 radical (unpaired) electrons. The van der Waals surface area contributed by atoms with Gasteiger partial charge in [0.2, 0.25) is 0 Å². The van der Waals surface area contributed by atoms with E-state index in [9.17, 15) is 0 Å². The fourth-order valence-electron chi connectivity index (χ4n) is 4.45. The first-order valence-corrected chi connectivity index (χ1v) is 10.9. The first kappa shape index (κ1) is 21.2. The van der Waals surface area contributed by atoms with Crippen LogP contribution in [-0.4, -0.2) is 73.4 Å². The van der Waals surface area contributed by atoms with Crippen molar-refractivity contribution in [2.45, 2.75) is 12.1 Å². The van der Waals surface area contributed by atoms with Gasteiger partial charge in [0.15, 0.2) is 11.5 Å². The quantitative estimate of drug-likeness (QED) is 0.447. The Labute approximate surface area is 192 Å². The molecule has 8 heteroatoms. The Kier molecular flexibility index (Phi) is 5.60. The summed E-state index contributed by atoms with van der Waals surface area (Å²) in [5.41, 5.74) is 1.76. The maximum absolute atomic E-state index is 6.47. The van der Waals surface area contributed by atoms with Crippen LogP contribution in [0.4, 0.5) is 5.82 Å². The van der Waals surface area contributed by atoms with Crippen LogP contribution in [0.5, 0.6) is 17.2 Å². The standard InChI is InChI=1S/C25H27N5O3/c1-29(2)21-13-30(14-24(21)33-17-9-16-7-5-6-8-19(16)26-12-17)25-18-10-22(31-3)23(32-4)11-20(18)27-15-28-25/h5-12,15,21,24H,13-14H2,1-4H3. The molecule has 0 spiro atoms. The minimum absolute atomic E-state index is 0.0480. The number of benzene rings is 2. The molecule has 2 atom stereocenters. The maximum atomic E-state index is 6.47. The molecule has 0 amide bonds. The second-order valence-electron chi connectivity index (χ2n) is 8.38. The van der Waals surface area contributed by atoms with Crippen LogP contribution < -0.4 is 19.1 Å². The van der Waals surface area contributed by atoms with Crippen LogP contribution in [-0.2, 0) is 0 Å². The molecular weight excluding hydrogens is 418 g/mol. The summed E-state index contributed by atoms with van der Waals surface area (Å²) in [6, 6.07) is 14.1. The van der Waals surface area contributed by atoms with Gasteiger partial charge in [0, 0.05) is 23.4 Å². The zero-order valence-corrected chi connectivity index (χ0v) is 19.2. The molecule has 3 heterocycles. The number of methoxy groups -OCH3 is 2. The summed E-state index contributed by atoms with van der Waals surface area (Å²) >= 11 is 0. The van der Waals surface area contributed by atoms with Crippen LogP contribution in [0.25, 0.3) is 21.8 Å². The Morgan fingerprint density at radius 1 is 0.909 bits per heavy atom. The van der Waals surface area contributed by atoms with Gasteiger partial charge in [-0.3, -0.25) is 4.98 Å². The van der Waals surface area contributed by atoms with Crippen LogP contribution in [0.1, 0.15) is 0 Å². The van der Waals surface area contributed by atoms with E-state index in [0.717, 1.165) is 39.9 Å². The van der Waals surface area contributed by atoms with Gasteiger partial charge in [0.1, 0.15) is 24.0 Å². The van der Waals surface area contributed by atoms with Gasteiger partial charge in [-0.1, -0.05) is 18.2 Å². The van der Waals surface area contributed by atoms with E-state index in [2.05, 4.69) is 44.9 Å². The van der Waals surface area contributed by atoms with E-state index in [4.69, 9.17) is 14.2 Å². The number of hydrogen-bond acceptors (Lipinski definition) is 8. The first-order valence-electron chi connectivity index (χ1n) is 10.9. The number of pyridine rings is 1. The smallest absolute Gasteiger partial charge is 0.162 e. The fraction of sp³-hybridized carbons (Fsp3) is 0.320. The topological polar surface area (TPSA) is 72.8 Å². The molecule has 33 heavy (non-hydrogen) atoms. The van der Waals surface area contributed by atoms with Crippen molar-refractivity contribution in [1.29, 1.82) is 0 Å². The minimum Gasteiger partial charge on any atom is -0.493 e. The maximum Gasteiger partial charge on any atom is 0.162 e. The molecule has 1 aliphatic rings. The molecule has 8 nitrogen and oxygen atoms in total. The molecule has 5 rings (SSSR count). The third-order valence-electron chi connectivity index (χ3n) is 6.17. The van der Waals surface area contributed by atoms with E-state index in [1.807, 2.05) is 36.4 Å². The molecule has 1 fully saturated rings. The second kappa shape index (κ2) is 8.71. The molecule has 0 aliphatic carbocycles. The largest absolute Gasteiger partial charge is 0.493 e. The van der Waals surface area contributed by atoms with Crippen molar-refractivity contribution >= 4 is 27.6 Å². The summed E-state index contributed by atoms with van der Waals surface area (Å²) in [6.45, 7) is 1.47. The van der Waals surface area contributed by atoms with Crippen molar-refractivity contribution in [2.75, 3.05) is 46.3 Å². The Bertz CT molecular complexity index is 1300. The molecule has 2 unspecified atom stereocenters. The number of nitrogens with zero attached hydrogens (tertiary/aromatic N) is 5. The van der Waals surface area contributed by atoms with Crippen molar-refractivity contribution in [3.05, 3.63) is 55.0 Å². The normalized spacial score (nSPS) is 18.3. The predicted octanol–water partition coefficient (Wildman–Crippen LogP) is 3.39. The lowest BCUT2D eigenvalue weighted by Crippen LogP contribution is -2.41. The average Bonchev–Trinajstić information content (AvgIpc) is 3.26. The third kappa shape index (κ3) is 3.98. The SMILES string of the molecule is COc1cc2ncnc(N3CC(Oc4cnc5ccccc5c4)C(N(C)C)C3)c2cc1OC. The number of hydrogen-bond donors (Lipinski definition) is 0. The number of anilines is 1. The predicted molar refractivity (Wildman–Crippen MR) is 128 cm³/mol. The fourth-order valence-corrected chi connectivity index (χ4v) is 4.45. The zero-order valence-electron chi connectivity index (χ0n) is 19.2. The molecule has 170 valence electrons. The molecule has 2 aromatic carbocycles. The van der Waals surface area contributed by atoms with Gasteiger partial charge in [-0.15, -0.1) is 0 Å². The number of fused-ring (bicyclic) bond motifs is 2. The molecule has 0 saturated carbocycles. The van der Waals surface area contributed by atoms with Crippen molar-refractivity contribution < 1.29 is 14.2 Å². The highest BCUT2D eigenvalue weighted by atomic mass is 16.5. The monoisotopic (exact) mass is 445 g/mol. The van der Waals surface area contributed by atoms with Gasteiger partial charge in [-0.2, -0.15) is 0 Å². The van der Waals surface area contributed by atoms with Crippen LogP contribution in [0, 0.1) is 0 Å². The molecule has 0 N–H and O–H groups in total. The van der Waals surface area contributed by atoms with Gasteiger partial charge >= 0.3 is 0 Å². The van der Waals surface area contributed by atoms with E-state index in [0.29, 0.717) is 18.0 Å². The van der Waals surface area contributed by atoms with E-state index < -0.39 is 0 Å². The highest BCUT2D eigenvalue weighted by molar-refractivity contribution is 5.92. The van der Waals surface area contributed by atoms with Crippen molar-refractivity contribution in [3.63, 3.8) is 0 Å². The van der Waals surface area contributed by atoms with E-state index >= 15 is 0 Å². The summed E-state index contributed by atoms with van der Waals surface area (Å²) in [5, 5.41) is 1.98. The highest BCUT2D eigenvalue weighted by Gasteiger charge is 2.37. The molecular formula is C25H27N5O3. The summed E-state index contributed by atoms with van der Waals surface area (Å²) in [6.07, 6.45) is 3.35. The molecule has 2 aromatic heterocycles. The van der Waals surface area contributed by atoms with Gasteiger partial charge < -0.3 is 24.0 Å². The lowest BCUT2D eigenvalue weighted by Gasteiger charge is -2.25. The van der Waals surface area contributed by atoms with Gasteiger partial charge in [-0.25, -0.2) is 9.97 Å². The van der Waals surface area contributed by atoms with E-state index in [-0.39, 0.29) is 12.1 Å². The lowest BCUT2D eigenvalue weighted by molar-refractivity contribution is 0.135. The molecule has 1 aliphatic heterocycles. The van der Waals surface area contributed by atoms with Gasteiger partial charge in [0.05, 0.1) is 44.0 Å². The number of likely N-dealkylation sites (N-methyl/N-ethyl adjacent to an activating group) is 1. The summed E-state index contributed by atoms with van der Waals surface area (Å²) in [4.78, 5) is 18.1. The molecule has 4 aromatic rings. The summed E-state index contributed by atoms with van der Waals surface area (Å²) in [7, 11) is 7.41. The Balaban J connectivity index is 1.47. The Hall–Kier alpha value is -3.65. The van der Waals surface area contributed by atoms with Gasteiger partial charge in [-0.05, 0) is 32.3 Å². The zero-order chi connectivity index (χ0) is 22.9. The minimum atomic E-state index is -0.0480. The van der Waals surface area contributed by atoms with E-state index in [1.165, 1.54) is 0 Å². The first-order chi connectivity index (χ1) is 16.1. The second-order valence-corrected chi connectivity index (χ2v) is 8.38. The van der Waals surface area contributed by atoms with Crippen molar-refractivity contribution in [3.8, 4) is 17.2 Å². The van der Waals surface area contributed by atoms with Crippen LogP contribution in [0.3, 0.4) is 0 Å². The van der Waals surface area contributed by atoms with Crippen molar-refractivity contribution in [2.24, 2.45) is 0 Å². The summed E-state index contributed by atoms with van der Waals surface area (Å²) < 4.78 is 17.4. The van der Waals surface area contributed by atoms with Crippen LogP contribution in [0.2, 0.25) is 0 Å². The van der Waals surface area contributed by atoms with Crippen molar-refractivity contribution in [1.82, 2.24) is 19.9 Å². The van der Waals surface area contributed by atoms with E-state index in [1.54, 1.807) is 26.7 Å². The molecule has 0 bridgehead atoms. The van der Waals surface area contributed by atoms with Crippen LogP contribution >= 0.6 is 0 Å². The third-order valence-corrected chi connectivity index (χ3v) is 6.17.